The smallest absolute Gasteiger partial charge is 0.309 e. The first-order valence-corrected chi connectivity index (χ1v) is 6.56. The van der Waals surface area contributed by atoms with Gasteiger partial charge in [-0.3, -0.25) is 4.79 Å². The fraction of sp³-hybridized carbons (Fsp3) is 0.333. The number of thioether (sulfide) groups is 1. The van der Waals surface area contributed by atoms with Crippen LogP contribution < -0.4 is 5.32 Å². The van der Waals surface area contributed by atoms with Gasteiger partial charge in [0, 0.05) is 4.90 Å². The third-order valence-corrected chi connectivity index (χ3v) is 4.70. The lowest BCUT2D eigenvalue weighted by molar-refractivity contribution is -0.144. The van der Waals surface area contributed by atoms with Crippen LogP contribution in [0.3, 0.4) is 0 Å². The topological polar surface area (TPSA) is 38.3 Å². The van der Waals surface area contributed by atoms with E-state index in [-0.39, 0.29) is 17.1 Å². The van der Waals surface area contributed by atoms with Crippen molar-refractivity contribution in [2.45, 2.75) is 17.1 Å². The van der Waals surface area contributed by atoms with Gasteiger partial charge >= 0.3 is 5.97 Å². The zero-order chi connectivity index (χ0) is 12.4. The SMILES string of the molecule is COC(=O)[C@@H](C)[C@@H]1Sc2ccccc2NC1=S. The number of hydrogen-bond donors (Lipinski definition) is 1. The molecule has 0 radical (unpaired) electrons. The molecule has 0 unspecified atom stereocenters. The molecule has 90 valence electrons. The summed E-state index contributed by atoms with van der Waals surface area (Å²) in [5.41, 5.74) is 1.01. The van der Waals surface area contributed by atoms with Gasteiger partial charge in [0.25, 0.3) is 0 Å². The van der Waals surface area contributed by atoms with Crippen LogP contribution in [-0.2, 0) is 9.53 Å². The van der Waals surface area contributed by atoms with Gasteiger partial charge < -0.3 is 10.1 Å². The Balaban J connectivity index is 2.23. The maximum Gasteiger partial charge on any atom is 0.309 e. The highest BCUT2D eigenvalue weighted by atomic mass is 32.2. The fourth-order valence-corrected chi connectivity index (χ4v) is 3.32. The molecule has 3 nitrogen and oxygen atoms in total. The Labute approximate surface area is 110 Å². The molecule has 0 saturated carbocycles. The van der Waals surface area contributed by atoms with Crippen molar-refractivity contribution in [3.05, 3.63) is 24.3 Å². The Bertz CT molecular complexity index is 462. The van der Waals surface area contributed by atoms with Crippen LogP contribution in [0.4, 0.5) is 5.69 Å². The van der Waals surface area contributed by atoms with Gasteiger partial charge in [-0.15, -0.1) is 11.8 Å². The number of carbonyl (C=O) groups excluding carboxylic acids is 1. The second kappa shape index (κ2) is 5.06. The van der Waals surface area contributed by atoms with Crippen LogP contribution in [0.2, 0.25) is 0 Å². The first kappa shape index (κ1) is 12.4. The Morgan fingerprint density at radius 2 is 2.24 bits per heavy atom. The van der Waals surface area contributed by atoms with Gasteiger partial charge in [0.05, 0.1) is 29.0 Å². The third kappa shape index (κ3) is 2.45. The molecule has 1 aromatic rings. The molecule has 1 heterocycles. The number of fused-ring (bicyclic) bond motifs is 1. The largest absolute Gasteiger partial charge is 0.469 e. The number of rotatable bonds is 2. The van der Waals surface area contributed by atoms with Gasteiger partial charge in [-0.2, -0.15) is 0 Å². The van der Waals surface area contributed by atoms with E-state index in [0.29, 0.717) is 4.99 Å². The zero-order valence-electron chi connectivity index (χ0n) is 9.60. The second-order valence-corrected chi connectivity index (χ2v) is 5.46. The molecule has 0 bridgehead atoms. The van der Waals surface area contributed by atoms with E-state index in [0.717, 1.165) is 10.6 Å². The number of anilines is 1. The molecule has 1 N–H and O–H groups in total. The quantitative estimate of drug-likeness (QED) is 0.659. The first-order chi connectivity index (χ1) is 8.13. The fourth-order valence-electron chi connectivity index (χ4n) is 1.71. The number of methoxy groups -OCH3 is 1. The molecular formula is C12H13NO2S2. The molecule has 0 spiro atoms. The molecular weight excluding hydrogens is 254 g/mol. The van der Waals surface area contributed by atoms with Crippen LogP contribution in [0.5, 0.6) is 0 Å². The van der Waals surface area contributed by atoms with Crippen molar-refractivity contribution in [3.8, 4) is 0 Å². The molecule has 2 atom stereocenters. The average Bonchev–Trinajstić information content (AvgIpc) is 2.36. The van der Waals surface area contributed by atoms with E-state index >= 15 is 0 Å². The number of nitrogens with one attached hydrogen (secondary N) is 1. The first-order valence-electron chi connectivity index (χ1n) is 5.28. The Kier molecular flexibility index (Phi) is 3.69. The van der Waals surface area contributed by atoms with Gasteiger partial charge in [-0.1, -0.05) is 31.3 Å². The van der Waals surface area contributed by atoms with Crippen LogP contribution in [0.1, 0.15) is 6.92 Å². The Hall–Kier alpha value is -1.07. The Morgan fingerprint density at radius 1 is 1.53 bits per heavy atom. The lowest BCUT2D eigenvalue weighted by Crippen LogP contribution is -2.36. The lowest BCUT2D eigenvalue weighted by atomic mass is 10.1. The molecule has 0 fully saturated rings. The molecule has 0 aliphatic carbocycles. The molecule has 17 heavy (non-hydrogen) atoms. The van der Waals surface area contributed by atoms with Gasteiger partial charge in [0.15, 0.2) is 0 Å². The van der Waals surface area contributed by atoms with E-state index in [1.807, 2.05) is 31.2 Å². The molecule has 1 aliphatic rings. The molecule has 0 amide bonds. The minimum atomic E-state index is -0.252. The zero-order valence-corrected chi connectivity index (χ0v) is 11.2. The summed E-state index contributed by atoms with van der Waals surface area (Å²) in [6, 6.07) is 7.93. The molecule has 1 aromatic carbocycles. The average molecular weight is 267 g/mol. The van der Waals surface area contributed by atoms with Gasteiger partial charge in [0.1, 0.15) is 0 Å². The Morgan fingerprint density at radius 3 is 2.94 bits per heavy atom. The monoisotopic (exact) mass is 267 g/mol. The van der Waals surface area contributed by atoms with Crippen molar-refractivity contribution in [3.63, 3.8) is 0 Å². The summed E-state index contributed by atoms with van der Waals surface area (Å²) in [6.07, 6.45) is 0. The van der Waals surface area contributed by atoms with Crippen molar-refractivity contribution in [1.82, 2.24) is 0 Å². The molecule has 2 rings (SSSR count). The van der Waals surface area contributed by atoms with E-state index in [1.165, 1.54) is 7.11 Å². The number of benzene rings is 1. The highest BCUT2D eigenvalue weighted by Crippen LogP contribution is 2.38. The normalized spacial score (nSPS) is 20.1. The predicted molar refractivity (Wildman–Crippen MR) is 73.5 cm³/mol. The summed E-state index contributed by atoms with van der Waals surface area (Å²) in [5, 5.41) is 3.11. The van der Waals surface area contributed by atoms with Crippen molar-refractivity contribution in [2.75, 3.05) is 12.4 Å². The minimum Gasteiger partial charge on any atom is -0.469 e. The lowest BCUT2D eigenvalue weighted by Gasteiger charge is -2.29. The van der Waals surface area contributed by atoms with E-state index in [2.05, 4.69) is 5.32 Å². The standard InChI is InChI=1S/C12H13NO2S2/c1-7(12(14)15-2)10-11(16)13-8-5-3-4-6-9(8)17-10/h3-7,10H,1-2H3,(H,13,16)/t7-,10-/m0/s1. The summed E-state index contributed by atoms with van der Waals surface area (Å²) in [6.45, 7) is 1.84. The maximum atomic E-state index is 11.5. The summed E-state index contributed by atoms with van der Waals surface area (Å²) in [4.78, 5) is 13.3. The van der Waals surface area contributed by atoms with E-state index in [1.54, 1.807) is 11.8 Å². The highest BCUT2D eigenvalue weighted by Gasteiger charge is 2.32. The molecule has 1 aliphatic heterocycles. The van der Waals surface area contributed by atoms with E-state index in [4.69, 9.17) is 17.0 Å². The van der Waals surface area contributed by atoms with Crippen LogP contribution in [0.15, 0.2) is 29.2 Å². The van der Waals surface area contributed by atoms with Gasteiger partial charge in [-0.25, -0.2) is 0 Å². The highest BCUT2D eigenvalue weighted by molar-refractivity contribution is 8.02. The van der Waals surface area contributed by atoms with Crippen molar-refractivity contribution >= 4 is 40.6 Å². The number of hydrogen-bond acceptors (Lipinski definition) is 4. The van der Waals surface area contributed by atoms with Crippen LogP contribution in [0.25, 0.3) is 0 Å². The third-order valence-electron chi connectivity index (χ3n) is 2.68. The summed E-state index contributed by atoms with van der Waals surface area (Å²) in [7, 11) is 1.40. The summed E-state index contributed by atoms with van der Waals surface area (Å²) < 4.78 is 4.76. The number of ether oxygens (including phenoxy) is 1. The number of esters is 1. The molecule has 0 aromatic heterocycles. The van der Waals surface area contributed by atoms with E-state index < -0.39 is 0 Å². The number of thiocarbonyl (C=S) groups is 1. The van der Waals surface area contributed by atoms with Crippen LogP contribution in [-0.4, -0.2) is 23.3 Å². The van der Waals surface area contributed by atoms with Crippen LogP contribution in [0, 0.1) is 5.92 Å². The van der Waals surface area contributed by atoms with Gasteiger partial charge in [0.2, 0.25) is 0 Å². The van der Waals surface area contributed by atoms with Crippen molar-refractivity contribution in [1.29, 1.82) is 0 Å². The van der Waals surface area contributed by atoms with Crippen molar-refractivity contribution in [2.24, 2.45) is 5.92 Å². The van der Waals surface area contributed by atoms with Crippen molar-refractivity contribution < 1.29 is 9.53 Å². The minimum absolute atomic E-state index is 0.0626. The summed E-state index contributed by atoms with van der Waals surface area (Å²) in [5.74, 6) is -0.482. The van der Waals surface area contributed by atoms with E-state index in [9.17, 15) is 4.79 Å². The predicted octanol–water partition coefficient (Wildman–Crippen LogP) is 2.71. The number of para-hydroxylation sites is 1. The maximum absolute atomic E-state index is 11.5. The summed E-state index contributed by atoms with van der Waals surface area (Å²) >= 11 is 6.92. The second-order valence-electron chi connectivity index (χ2n) is 3.84. The van der Waals surface area contributed by atoms with Crippen LogP contribution >= 0.6 is 24.0 Å². The molecule has 0 saturated heterocycles. The molecule has 5 heteroatoms. The number of carbonyl (C=O) groups is 1. The van der Waals surface area contributed by atoms with Gasteiger partial charge in [-0.05, 0) is 12.1 Å².